The van der Waals surface area contributed by atoms with Crippen LogP contribution >= 0.6 is 0 Å². The maximum atomic E-state index is 15.0. The SMILES string of the molecule is CO[C@@H]1CC(O[C@H]2C=C(C)[C@@H](O)[C@]3(O)[C@@H](OC(C)=O)[C@@H](O)C4=C(C(=O)c5ccc([C@@H]6C[C@@H](O[C@H]7C[C@](C)(O)[C@H](O[C@H]8CC[C@H](O)[C@@H](C)O8)[C@@H](C)O7)[C@H](O)[C@@H](C)O6)c(O)c5C4=O)[C@]23O)O[C@@H](C)[C@H]1OC(N)=O. The number of aliphatic hydroxyl groups is 7. The fraction of sp³-hybridized carbons (Fsp3) is 0.708. The van der Waals surface area contributed by atoms with Crippen molar-refractivity contribution in [3.05, 3.63) is 51.6 Å². The van der Waals surface area contributed by atoms with Gasteiger partial charge in [-0.2, -0.15) is 0 Å². The number of hydrogen-bond acceptors (Lipinski definition) is 22. The molecular formula is C48H65NO22. The van der Waals surface area contributed by atoms with Crippen LogP contribution in [0.15, 0.2) is 34.9 Å². The topological polar surface area (TPSA) is 348 Å². The number of phenolic OH excluding ortho intramolecular Hbond substituents is 1. The van der Waals surface area contributed by atoms with Gasteiger partial charge >= 0.3 is 12.1 Å². The Labute approximate surface area is 408 Å². The fourth-order valence-electron chi connectivity index (χ4n) is 11.5. The van der Waals surface area contributed by atoms with E-state index in [2.05, 4.69) is 0 Å². The summed E-state index contributed by atoms with van der Waals surface area (Å²) in [6.45, 7) is 10.3. The van der Waals surface area contributed by atoms with Crippen molar-refractivity contribution in [2.75, 3.05) is 7.11 Å². The lowest BCUT2D eigenvalue weighted by Crippen LogP contribution is -2.80. The molecule has 4 heterocycles. The molecule has 4 saturated heterocycles. The number of ether oxygens (including phenoxy) is 10. The van der Waals surface area contributed by atoms with E-state index in [4.69, 9.17) is 53.1 Å². The summed E-state index contributed by atoms with van der Waals surface area (Å²) >= 11 is 0. The van der Waals surface area contributed by atoms with Gasteiger partial charge in [0.2, 0.25) is 0 Å². The molecule has 1 aromatic carbocycles. The molecule has 21 atom stereocenters. The van der Waals surface area contributed by atoms with Gasteiger partial charge in [-0.05, 0) is 59.6 Å². The Kier molecular flexibility index (Phi) is 14.8. The number of carbonyl (C=O) groups excluding carboxylic acids is 4. The van der Waals surface area contributed by atoms with Crippen molar-refractivity contribution in [1.29, 1.82) is 0 Å². The Morgan fingerprint density at radius 3 is 2.10 bits per heavy atom. The molecule has 0 spiro atoms. The second-order valence-electron chi connectivity index (χ2n) is 20.0. The molecular weight excluding hydrogens is 943 g/mol. The molecule has 8 rings (SSSR count). The molecule has 1 aromatic rings. The Balaban J connectivity index is 1.10. The number of hydrogen-bond donors (Lipinski definition) is 9. The number of nitrogens with two attached hydrogens (primary N) is 1. The molecule has 394 valence electrons. The first kappa shape index (κ1) is 53.3. The van der Waals surface area contributed by atoms with E-state index in [1.165, 1.54) is 39.2 Å². The summed E-state index contributed by atoms with van der Waals surface area (Å²) in [6, 6.07) is 2.45. The van der Waals surface area contributed by atoms with Crippen molar-refractivity contribution in [2.45, 2.75) is 208 Å². The van der Waals surface area contributed by atoms with E-state index < -0.39 is 179 Å². The van der Waals surface area contributed by atoms with Crippen LogP contribution in [0.5, 0.6) is 5.75 Å². The average Bonchev–Trinajstić information content (AvgIpc) is 3.28. The molecule has 0 bridgehead atoms. The predicted octanol–water partition coefficient (Wildman–Crippen LogP) is -0.0910. The zero-order chi connectivity index (χ0) is 52.0. The summed E-state index contributed by atoms with van der Waals surface area (Å²) in [5.74, 6) is -4.33. The van der Waals surface area contributed by atoms with Gasteiger partial charge in [0.1, 0.15) is 42.4 Å². The van der Waals surface area contributed by atoms with E-state index in [0.29, 0.717) is 12.8 Å². The van der Waals surface area contributed by atoms with Crippen LogP contribution in [0.1, 0.15) is 113 Å². The predicted molar refractivity (Wildman–Crippen MR) is 237 cm³/mol. The number of aliphatic hydroxyl groups excluding tert-OH is 4. The lowest BCUT2D eigenvalue weighted by Gasteiger charge is -2.59. The van der Waals surface area contributed by atoms with E-state index in [9.17, 15) is 55.2 Å². The molecule has 71 heavy (non-hydrogen) atoms. The van der Waals surface area contributed by atoms with Crippen LogP contribution in [0.4, 0.5) is 4.79 Å². The molecule has 1 amide bonds. The molecule has 0 radical (unpaired) electrons. The van der Waals surface area contributed by atoms with E-state index in [1.54, 1.807) is 27.7 Å². The number of methoxy groups -OCH3 is 1. The molecule has 3 aliphatic carbocycles. The van der Waals surface area contributed by atoms with Crippen LogP contribution in [-0.4, -0.2) is 193 Å². The van der Waals surface area contributed by atoms with E-state index in [1.807, 2.05) is 0 Å². The summed E-state index contributed by atoms with van der Waals surface area (Å²) in [5.41, 5.74) is -5.76. The van der Waals surface area contributed by atoms with Gasteiger partial charge in [0.25, 0.3) is 0 Å². The highest BCUT2D eigenvalue weighted by Crippen LogP contribution is 2.56. The Bertz CT molecular complexity index is 2320. The highest BCUT2D eigenvalue weighted by molar-refractivity contribution is 6.29. The molecule has 4 aliphatic heterocycles. The van der Waals surface area contributed by atoms with Crippen molar-refractivity contribution >= 4 is 23.6 Å². The van der Waals surface area contributed by atoms with Gasteiger partial charge in [-0.3, -0.25) is 14.4 Å². The van der Waals surface area contributed by atoms with Crippen molar-refractivity contribution in [2.24, 2.45) is 5.73 Å². The monoisotopic (exact) mass is 1010 g/mol. The van der Waals surface area contributed by atoms with Crippen LogP contribution in [0.3, 0.4) is 0 Å². The lowest BCUT2D eigenvalue weighted by atomic mass is 9.54. The van der Waals surface area contributed by atoms with E-state index in [0.717, 1.165) is 6.92 Å². The fourth-order valence-corrected chi connectivity index (χ4v) is 11.5. The smallest absolute Gasteiger partial charge is 0.404 e. The summed E-state index contributed by atoms with van der Waals surface area (Å²) in [6.07, 6.45) is -21.5. The molecule has 10 N–H and O–H groups in total. The summed E-state index contributed by atoms with van der Waals surface area (Å²) < 4.78 is 59.0. The maximum Gasteiger partial charge on any atom is 0.404 e. The summed E-state index contributed by atoms with van der Waals surface area (Å²) in [4.78, 5) is 54.4. The summed E-state index contributed by atoms with van der Waals surface area (Å²) in [7, 11) is 1.32. The third-order valence-electron chi connectivity index (χ3n) is 15.1. The first-order valence-corrected chi connectivity index (χ1v) is 23.8. The minimum Gasteiger partial charge on any atom is -0.507 e. The van der Waals surface area contributed by atoms with Gasteiger partial charge in [-0.15, -0.1) is 0 Å². The number of phenols is 1. The molecule has 7 aliphatic rings. The molecule has 23 nitrogen and oxygen atoms in total. The second-order valence-corrected chi connectivity index (χ2v) is 20.0. The number of rotatable bonds is 10. The Morgan fingerprint density at radius 2 is 1.46 bits per heavy atom. The van der Waals surface area contributed by atoms with Gasteiger partial charge < -0.3 is 94.0 Å². The minimum absolute atomic E-state index is 0.0497. The second kappa shape index (κ2) is 19.7. The number of primary amides is 1. The normalized spacial score (nSPS) is 44.7. The molecule has 4 fully saturated rings. The number of amides is 1. The number of esters is 1. The number of aromatic hydroxyl groups is 1. The average molecular weight is 1010 g/mol. The van der Waals surface area contributed by atoms with Gasteiger partial charge in [-0.25, -0.2) is 4.79 Å². The van der Waals surface area contributed by atoms with Gasteiger partial charge in [0.15, 0.2) is 53.8 Å². The molecule has 0 saturated carbocycles. The largest absolute Gasteiger partial charge is 0.507 e. The molecule has 0 aromatic heterocycles. The van der Waals surface area contributed by atoms with Crippen LogP contribution in [0.25, 0.3) is 0 Å². The van der Waals surface area contributed by atoms with Crippen molar-refractivity contribution < 1.29 is 107 Å². The number of benzene rings is 1. The van der Waals surface area contributed by atoms with E-state index >= 15 is 4.79 Å². The standard InChI is InChI=1S/C48H65NO22/c1-17-13-29(69-31-15-28(62-8)41(20(4)65-31)71-45(49)58)47(60)35-34(40(56)44(67-22(6)50)48(47,61)42(17)57)39(55)33-24(38(35)54)10-9-23(37(33)53)26-14-27(36(52)19(3)63-26)68-32-16-46(7,59)43(21(5)66-32)70-30-12-11-25(51)18(2)64-30/h9-10,13,18-21,25-32,36,40-44,51-53,56-57,59-61H,11-12,14-16H2,1-8H3,(H2,49,58)/t18-,19-,20+,21-,25+,26+,27-,28-,29+,30+,31?,32+,36-,40+,41-,42-,43-,44+,46+,47-,48+/m1/s1. The number of carbonyl (C=O) groups is 4. The van der Waals surface area contributed by atoms with Gasteiger partial charge in [0.05, 0.1) is 53.9 Å². The Morgan fingerprint density at radius 1 is 0.789 bits per heavy atom. The maximum absolute atomic E-state index is 15.0. The zero-order valence-corrected chi connectivity index (χ0v) is 40.5. The number of fused-ring (bicyclic) bond motifs is 3. The number of ketones is 2. The van der Waals surface area contributed by atoms with Crippen LogP contribution in [0.2, 0.25) is 0 Å². The first-order chi connectivity index (χ1) is 33.2. The lowest BCUT2D eigenvalue weighted by molar-refractivity contribution is -0.336. The van der Waals surface area contributed by atoms with Crippen LogP contribution in [0, 0.1) is 0 Å². The third kappa shape index (κ3) is 9.13. The summed E-state index contributed by atoms with van der Waals surface area (Å²) in [5, 5.41) is 94.8. The first-order valence-electron chi connectivity index (χ1n) is 23.8. The minimum atomic E-state index is -3.22. The quantitative estimate of drug-likeness (QED) is 0.109. The molecule has 23 heteroatoms. The Hall–Kier alpha value is -4.02. The van der Waals surface area contributed by atoms with Crippen LogP contribution < -0.4 is 5.73 Å². The third-order valence-corrected chi connectivity index (χ3v) is 15.1. The number of Topliss-reactive ketones (excluding diaryl/α,β-unsaturated/α-hetero) is 2. The highest BCUT2D eigenvalue weighted by atomic mass is 16.7. The highest BCUT2D eigenvalue weighted by Gasteiger charge is 2.75. The van der Waals surface area contributed by atoms with Gasteiger partial charge in [0, 0.05) is 62.0 Å². The van der Waals surface area contributed by atoms with Crippen LogP contribution in [-0.2, 0) is 52.2 Å². The van der Waals surface area contributed by atoms with Crippen molar-refractivity contribution in [3.8, 4) is 5.75 Å². The van der Waals surface area contributed by atoms with Gasteiger partial charge in [-0.1, -0.05) is 12.1 Å². The van der Waals surface area contributed by atoms with Crippen molar-refractivity contribution in [3.63, 3.8) is 0 Å². The van der Waals surface area contributed by atoms with Crippen molar-refractivity contribution in [1.82, 2.24) is 0 Å². The molecule has 1 unspecified atom stereocenters. The zero-order valence-electron chi connectivity index (χ0n) is 40.5. The van der Waals surface area contributed by atoms with E-state index in [-0.39, 0.29) is 30.4 Å².